The predicted octanol–water partition coefficient (Wildman–Crippen LogP) is 1.91. The largest absolute Gasteiger partial charge is 0.354 e. The Morgan fingerprint density at radius 2 is 2.14 bits per heavy atom. The van der Waals surface area contributed by atoms with Crippen molar-refractivity contribution in [2.24, 2.45) is 0 Å². The maximum atomic E-state index is 12.1. The lowest BCUT2D eigenvalue weighted by Crippen LogP contribution is -2.50. The molecule has 2 rings (SSSR count). The number of hydrogen-bond acceptors (Lipinski definition) is 4. The zero-order valence-electron chi connectivity index (χ0n) is 10.7. The lowest BCUT2D eigenvalue weighted by atomic mass is 10.1. The number of carbonyl (C=O) groups is 2. The third-order valence-corrected chi connectivity index (χ3v) is 3.85. The Labute approximate surface area is 129 Å². The minimum absolute atomic E-state index is 0.0190. The molecule has 2 amide bonds. The van der Waals surface area contributed by atoms with Crippen LogP contribution in [0, 0.1) is 10.1 Å². The van der Waals surface area contributed by atoms with Gasteiger partial charge in [0.25, 0.3) is 11.6 Å². The van der Waals surface area contributed by atoms with Gasteiger partial charge < -0.3 is 10.6 Å². The van der Waals surface area contributed by atoms with Crippen LogP contribution in [0.15, 0.2) is 12.1 Å². The number of amides is 2. The van der Waals surface area contributed by atoms with E-state index in [1.165, 1.54) is 6.07 Å². The fraction of sp³-hybridized carbons (Fsp3) is 0.333. The number of hydrogen-bond donors (Lipinski definition) is 2. The van der Waals surface area contributed by atoms with Gasteiger partial charge in [-0.15, -0.1) is 0 Å². The smallest absolute Gasteiger partial charge is 0.290 e. The molecule has 0 saturated carbocycles. The summed E-state index contributed by atoms with van der Waals surface area (Å²) in [7, 11) is 0. The Hall–Kier alpha value is -1.86. The molecule has 0 bridgehead atoms. The highest BCUT2D eigenvalue weighted by atomic mass is 35.5. The Kier molecular flexibility index (Phi) is 4.64. The minimum Gasteiger partial charge on any atom is -0.354 e. The number of piperidine rings is 1. The maximum absolute atomic E-state index is 12.1. The highest BCUT2D eigenvalue weighted by molar-refractivity contribution is 6.43. The summed E-state index contributed by atoms with van der Waals surface area (Å²) in [5.74, 6) is -0.886. The summed E-state index contributed by atoms with van der Waals surface area (Å²) in [6.45, 7) is 0.573. The molecule has 1 heterocycles. The van der Waals surface area contributed by atoms with Crippen molar-refractivity contribution >= 4 is 40.7 Å². The molecule has 0 radical (unpaired) electrons. The van der Waals surface area contributed by atoms with E-state index in [1.807, 2.05) is 0 Å². The van der Waals surface area contributed by atoms with Gasteiger partial charge in [-0.3, -0.25) is 19.7 Å². The van der Waals surface area contributed by atoms with Crippen LogP contribution in [0.5, 0.6) is 0 Å². The number of nitro groups is 1. The number of benzene rings is 1. The second-order valence-electron chi connectivity index (χ2n) is 4.51. The van der Waals surface area contributed by atoms with Crippen LogP contribution in [0.4, 0.5) is 5.69 Å². The minimum atomic E-state index is -0.724. The van der Waals surface area contributed by atoms with E-state index in [2.05, 4.69) is 10.6 Å². The standard InChI is InChI=1S/C12H11Cl2N3O4/c13-7-4-6(5-9(10(7)14)17(20)21)11(18)16-8-2-1-3-15-12(8)19/h4-5,8H,1-3H2,(H,15,19)(H,16,18). The fourth-order valence-corrected chi connectivity index (χ4v) is 2.38. The molecule has 0 aromatic heterocycles. The summed E-state index contributed by atoms with van der Waals surface area (Å²) in [6.07, 6.45) is 1.26. The zero-order valence-corrected chi connectivity index (χ0v) is 12.2. The maximum Gasteiger partial charge on any atom is 0.290 e. The fourth-order valence-electron chi connectivity index (χ4n) is 1.99. The van der Waals surface area contributed by atoms with E-state index in [1.54, 1.807) is 0 Å². The second kappa shape index (κ2) is 6.28. The number of rotatable bonds is 3. The van der Waals surface area contributed by atoms with E-state index < -0.39 is 22.6 Å². The van der Waals surface area contributed by atoms with Crippen molar-refractivity contribution < 1.29 is 14.5 Å². The number of nitro benzene ring substituents is 1. The summed E-state index contributed by atoms with van der Waals surface area (Å²) in [6, 6.07) is 1.61. The molecule has 0 spiro atoms. The number of nitrogens with zero attached hydrogens (tertiary/aromatic N) is 1. The summed E-state index contributed by atoms with van der Waals surface area (Å²) in [5.41, 5.74) is -0.475. The monoisotopic (exact) mass is 331 g/mol. The predicted molar refractivity (Wildman–Crippen MR) is 76.6 cm³/mol. The van der Waals surface area contributed by atoms with Crippen molar-refractivity contribution in [3.05, 3.63) is 37.9 Å². The van der Waals surface area contributed by atoms with Crippen molar-refractivity contribution in [1.82, 2.24) is 10.6 Å². The quantitative estimate of drug-likeness (QED) is 0.652. The van der Waals surface area contributed by atoms with Crippen LogP contribution in [0.3, 0.4) is 0 Å². The molecule has 7 nitrogen and oxygen atoms in total. The van der Waals surface area contributed by atoms with Crippen LogP contribution < -0.4 is 10.6 Å². The first-order valence-corrected chi connectivity index (χ1v) is 6.87. The molecule has 9 heteroatoms. The van der Waals surface area contributed by atoms with E-state index >= 15 is 0 Å². The van der Waals surface area contributed by atoms with Crippen molar-refractivity contribution in [2.45, 2.75) is 18.9 Å². The van der Waals surface area contributed by atoms with Gasteiger partial charge >= 0.3 is 0 Å². The van der Waals surface area contributed by atoms with Gasteiger partial charge in [-0.1, -0.05) is 23.2 Å². The van der Waals surface area contributed by atoms with Crippen molar-refractivity contribution in [3.63, 3.8) is 0 Å². The van der Waals surface area contributed by atoms with Gasteiger partial charge in [0.15, 0.2) is 0 Å². The molecule has 112 valence electrons. The number of nitrogens with one attached hydrogen (secondary N) is 2. The highest BCUT2D eigenvalue weighted by Crippen LogP contribution is 2.33. The van der Waals surface area contributed by atoms with Gasteiger partial charge in [0.1, 0.15) is 11.1 Å². The Bertz CT molecular complexity index is 621. The summed E-state index contributed by atoms with van der Waals surface area (Å²) in [4.78, 5) is 33.8. The van der Waals surface area contributed by atoms with Gasteiger partial charge in [-0.05, 0) is 18.9 Å². The van der Waals surface area contributed by atoms with Crippen LogP contribution in [0.1, 0.15) is 23.2 Å². The van der Waals surface area contributed by atoms with Crippen molar-refractivity contribution in [3.8, 4) is 0 Å². The van der Waals surface area contributed by atoms with E-state index in [9.17, 15) is 19.7 Å². The average molecular weight is 332 g/mol. The molecular formula is C12H11Cl2N3O4. The molecule has 1 atom stereocenters. The van der Waals surface area contributed by atoms with Crippen LogP contribution in [-0.4, -0.2) is 29.3 Å². The summed E-state index contributed by atoms with van der Waals surface area (Å²) >= 11 is 11.5. The Morgan fingerprint density at radius 3 is 2.76 bits per heavy atom. The van der Waals surface area contributed by atoms with E-state index in [4.69, 9.17) is 23.2 Å². The van der Waals surface area contributed by atoms with Gasteiger partial charge in [0, 0.05) is 18.2 Å². The zero-order chi connectivity index (χ0) is 15.6. The molecule has 1 unspecified atom stereocenters. The first-order chi connectivity index (χ1) is 9.90. The second-order valence-corrected chi connectivity index (χ2v) is 5.29. The van der Waals surface area contributed by atoms with E-state index in [0.29, 0.717) is 13.0 Å². The molecular weight excluding hydrogens is 321 g/mol. The third kappa shape index (κ3) is 3.43. The molecule has 1 aliphatic rings. The molecule has 1 aromatic rings. The van der Waals surface area contributed by atoms with Crippen LogP contribution in [-0.2, 0) is 4.79 Å². The molecule has 1 fully saturated rings. The molecule has 1 aromatic carbocycles. The first-order valence-electron chi connectivity index (χ1n) is 6.12. The SMILES string of the molecule is O=C(NC1CCCNC1=O)c1cc(Cl)c(Cl)c([N+](=O)[O-])c1. The average Bonchev–Trinajstić information content (AvgIpc) is 2.43. The lowest BCUT2D eigenvalue weighted by molar-refractivity contribution is -0.384. The van der Waals surface area contributed by atoms with Gasteiger partial charge in [-0.25, -0.2) is 0 Å². The van der Waals surface area contributed by atoms with Crippen molar-refractivity contribution in [2.75, 3.05) is 6.54 Å². The molecule has 2 N–H and O–H groups in total. The molecule has 21 heavy (non-hydrogen) atoms. The van der Waals surface area contributed by atoms with Crippen LogP contribution >= 0.6 is 23.2 Å². The van der Waals surface area contributed by atoms with Crippen LogP contribution in [0.25, 0.3) is 0 Å². The Balaban J connectivity index is 2.23. The number of carbonyl (C=O) groups excluding carboxylic acids is 2. The molecule has 1 saturated heterocycles. The van der Waals surface area contributed by atoms with E-state index in [-0.39, 0.29) is 21.5 Å². The normalized spacial score (nSPS) is 18.0. The van der Waals surface area contributed by atoms with Gasteiger partial charge in [-0.2, -0.15) is 0 Å². The molecule has 0 aliphatic carbocycles. The highest BCUT2D eigenvalue weighted by Gasteiger charge is 2.26. The lowest BCUT2D eigenvalue weighted by Gasteiger charge is -2.22. The topological polar surface area (TPSA) is 101 Å². The van der Waals surface area contributed by atoms with Gasteiger partial charge in [0.05, 0.1) is 9.95 Å². The van der Waals surface area contributed by atoms with Crippen LogP contribution in [0.2, 0.25) is 10.0 Å². The third-order valence-electron chi connectivity index (χ3n) is 3.06. The molecule has 1 aliphatic heterocycles. The van der Waals surface area contributed by atoms with E-state index in [0.717, 1.165) is 12.5 Å². The van der Waals surface area contributed by atoms with Crippen molar-refractivity contribution in [1.29, 1.82) is 0 Å². The first kappa shape index (κ1) is 15.5. The number of halogens is 2. The Morgan fingerprint density at radius 1 is 1.43 bits per heavy atom. The summed E-state index contributed by atoms with van der Waals surface area (Å²) < 4.78 is 0. The van der Waals surface area contributed by atoms with Gasteiger partial charge in [0.2, 0.25) is 5.91 Å². The summed E-state index contributed by atoms with van der Waals surface area (Å²) in [5, 5.41) is 15.7.